The molecule has 0 saturated carbocycles. The van der Waals surface area contributed by atoms with Crippen LogP contribution in [0.1, 0.15) is 37.3 Å². The van der Waals surface area contributed by atoms with E-state index in [0.717, 1.165) is 25.3 Å². The summed E-state index contributed by atoms with van der Waals surface area (Å²) in [7, 11) is 0. The SMILES string of the molecule is CC1(Oc2cccc3c2CCCC3)CCNC1. The van der Waals surface area contributed by atoms with Crippen molar-refractivity contribution in [3.63, 3.8) is 0 Å². The number of benzene rings is 1. The third kappa shape index (κ3) is 2.19. The molecule has 0 spiro atoms. The van der Waals surface area contributed by atoms with E-state index in [2.05, 4.69) is 30.4 Å². The average Bonchev–Trinajstić information content (AvgIpc) is 2.76. The Kier molecular flexibility index (Phi) is 2.83. The first-order chi connectivity index (χ1) is 8.27. The molecular formula is C15H21NO. The summed E-state index contributed by atoms with van der Waals surface area (Å²) < 4.78 is 6.30. The summed E-state index contributed by atoms with van der Waals surface area (Å²) >= 11 is 0. The van der Waals surface area contributed by atoms with E-state index in [-0.39, 0.29) is 5.60 Å². The lowest BCUT2D eigenvalue weighted by atomic mass is 9.91. The van der Waals surface area contributed by atoms with E-state index < -0.39 is 0 Å². The van der Waals surface area contributed by atoms with Crippen molar-refractivity contribution in [3.05, 3.63) is 29.3 Å². The molecule has 0 aromatic heterocycles. The molecule has 3 rings (SSSR count). The summed E-state index contributed by atoms with van der Waals surface area (Å²) in [5, 5.41) is 3.39. The predicted octanol–water partition coefficient (Wildman–Crippen LogP) is 2.70. The molecule has 1 atom stereocenters. The Balaban J connectivity index is 1.87. The second-order valence-corrected chi connectivity index (χ2v) is 5.58. The van der Waals surface area contributed by atoms with E-state index in [1.807, 2.05) is 0 Å². The Morgan fingerprint density at radius 1 is 1.24 bits per heavy atom. The van der Waals surface area contributed by atoms with Gasteiger partial charge in [0.1, 0.15) is 11.4 Å². The maximum absolute atomic E-state index is 6.30. The highest BCUT2D eigenvalue weighted by Crippen LogP contribution is 2.33. The zero-order valence-corrected chi connectivity index (χ0v) is 10.6. The van der Waals surface area contributed by atoms with Crippen LogP contribution in [0.2, 0.25) is 0 Å². The summed E-state index contributed by atoms with van der Waals surface area (Å²) in [5.74, 6) is 1.13. The minimum absolute atomic E-state index is 0.00737. The van der Waals surface area contributed by atoms with Crippen LogP contribution in [0.25, 0.3) is 0 Å². The van der Waals surface area contributed by atoms with Crippen molar-refractivity contribution >= 4 is 0 Å². The summed E-state index contributed by atoms with van der Waals surface area (Å²) in [6.07, 6.45) is 6.16. The molecule has 0 bridgehead atoms. The number of hydrogen-bond donors (Lipinski definition) is 1. The zero-order chi connectivity index (χ0) is 11.7. The summed E-state index contributed by atoms with van der Waals surface area (Å²) in [6.45, 7) is 4.26. The van der Waals surface area contributed by atoms with Crippen molar-refractivity contribution in [2.75, 3.05) is 13.1 Å². The highest BCUT2D eigenvalue weighted by molar-refractivity contribution is 5.42. The fraction of sp³-hybridized carbons (Fsp3) is 0.600. The van der Waals surface area contributed by atoms with Crippen LogP contribution < -0.4 is 10.1 Å². The van der Waals surface area contributed by atoms with Crippen LogP contribution >= 0.6 is 0 Å². The van der Waals surface area contributed by atoms with Gasteiger partial charge in [0.25, 0.3) is 0 Å². The second kappa shape index (κ2) is 4.34. The Morgan fingerprint density at radius 3 is 2.94 bits per heavy atom. The molecule has 1 aromatic rings. The van der Waals surface area contributed by atoms with Gasteiger partial charge in [-0.05, 0) is 56.3 Å². The van der Waals surface area contributed by atoms with Gasteiger partial charge in [-0.1, -0.05) is 12.1 Å². The van der Waals surface area contributed by atoms with Crippen molar-refractivity contribution < 1.29 is 4.74 Å². The fourth-order valence-corrected chi connectivity index (χ4v) is 2.99. The van der Waals surface area contributed by atoms with Gasteiger partial charge in [-0.3, -0.25) is 0 Å². The van der Waals surface area contributed by atoms with Crippen molar-refractivity contribution in [1.82, 2.24) is 5.32 Å². The maximum atomic E-state index is 6.30. The smallest absolute Gasteiger partial charge is 0.123 e. The first-order valence-corrected chi connectivity index (χ1v) is 6.77. The van der Waals surface area contributed by atoms with Gasteiger partial charge in [0.15, 0.2) is 0 Å². The second-order valence-electron chi connectivity index (χ2n) is 5.58. The van der Waals surface area contributed by atoms with Gasteiger partial charge in [0, 0.05) is 13.0 Å². The van der Waals surface area contributed by atoms with Crippen LogP contribution in [0.5, 0.6) is 5.75 Å². The van der Waals surface area contributed by atoms with Crippen LogP contribution in [-0.4, -0.2) is 18.7 Å². The topological polar surface area (TPSA) is 21.3 Å². The third-order valence-corrected chi connectivity index (χ3v) is 4.04. The average molecular weight is 231 g/mol. The van der Waals surface area contributed by atoms with Crippen LogP contribution in [0.15, 0.2) is 18.2 Å². The van der Waals surface area contributed by atoms with Crippen LogP contribution in [0, 0.1) is 0 Å². The Hall–Kier alpha value is -1.02. The van der Waals surface area contributed by atoms with Crippen molar-refractivity contribution in [2.45, 2.75) is 44.6 Å². The summed E-state index contributed by atoms with van der Waals surface area (Å²) in [6, 6.07) is 6.55. The van der Waals surface area contributed by atoms with Gasteiger partial charge >= 0.3 is 0 Å². The van der Waals surface area contributed by atoms with Gasteiger partial charge in [-0.25, -0.2) is 0 Å². The number of hydrogen-bond acceptors (Lipinski definition) is 2. The third-order valence-electron chi connectivity index (χ3n) is 4.04. The van der Waals surface area contributed by atoms with Gasteiger partial charge in [0.05, 0.1) is 0 Å². The maximum Gasteiger partial charge on any atom is 0.123 e. The van der Waals surface area contributed by atoms with Gasteiger partial charge in [-0.15, -0.1) is 0 Å². The van der Waals surface area contributed by atoms with Crippen molar-refractivity contribution in [1.29, 1.82) is 0 Å². The lowest BCUT2D eigenvalue weighted by molar-refractivity contribution is 0.109. The highest BCUT2D eigenvalue weighted by atomic mass is 16.5. The Bertz CT molecular complexity index is 407. The van der Waals surface area contributed by atoms with Gasteiger partial charge in [-0.2, -0.15) is 0 Å². The van der Waals surface area contributed by atoms with E-state index in [1.165, 1.54) is 36.8 Å². The van der Waals surface area contributed by atoms with Crippen molar-refractivity contribution in [3.8, 4) is 5.75 Å². The summed E-state index contributed by atoms with van der Waals surface area (Å²) in [5.41, 5.74) is 2.96. The molecule has 2 aliphatic rings. The molecule has 17 heavy (non-hydrogen) atoms. The highest BCUT2D eigenvalue weighted by Gasteiger charge is 2.31. The number of rotatable bonds is 2. The van der Waals surface area contributed by atoms with Gasteiger partial charge in [0.2, 0.25) is 0 Å². The van der Waals surface area contributed by atoms with E-state index >= 15 is 0 Å². The largest absolute Gasteiger partial charge is 0.486 e. The molecule has 1 aliphatic carbocycles. The van der Waals surface area contributed by atoms with E-state index in [1.54, 1.807) is 0 Å². The minimum atomic E-state index is -0.00737. The molecule has 2 heteroatoms. The Morgan fingerprint density at radius 2 is 2.12 bits per heavy atom. The molecule has 1 fully saturated rings. The molecule has 1 saturated heterocycles. The number of fused-ring (bicyclic) bond motifs is 1. The van der Waals surface area contributed by atoms with Crippen molar-refractivity contribution in [2.24, 2.45) is 0 Å². The van der Waals surface area contributed by atoms with E-state index in [0.29, 0.717) is 0 Å². The van der Waals surface area contributed by atoms with E-state index in [4.69, 9.17) is 4.74 Å². The lowest BCUT2D eigenvalue weighted by Crippen LogP contribution is -2.35. The Labute approximate surface area is 103 Å². The molecular weight excluding hydrogens is 210 g/mol. The molecule has 1 heterocycles. The number of nitrogens with one attached hydrogen (secondary N) is 1. The summed E-state index contributed by atoms with van der Waals surface area (Å²) in [4.78, 5) is 0. The molecule has 92 valence electrons. The molecule has 1 N–H and O–H groups in total. The molecule has 2 nitrogen and oxygen atoms in total. The van der Waals surface area contributed by atoms with Crippen LogP contribution in [-0.2, 0) is 12.8 Å². The molecule has 1 unspecified atom stereocenters. The quantitative estimate of drug-likeness (QED) is 0.845. The fourth-order valence-electron chi connectivity index (χ4n) is 2.99. The zero-order valence-electron chi connectivity index (χ0n) is 10.6. The molecule has 1 aromatic carbocycles. The monoisotopic (exact) mass is 231 g/mol. The predicted molar refractivity (Wildman–Crippen MR) is 69.6 cm³/mol. The normalized spacial score (nSPS) is 27.8. The number of ether oxygens (including phenoxy) is 1. The van der Waals surface area contributed by atoms with Crippen LogP contribution in [0.3, 0.4) is 0 Å². The lowest BCUT2D eigenvalue weighted by Gasteiger charge is -2.28. The minimum Gasteiger partial charge on any atom is -0.486 e. The first-order valence-electron chi connectivity index (χ1n) is 6.77. The van der Waals surface area contributed by atoms with E-state index in [9.17, 15) is 0 Å². The molecule has 0 radical (unpaired) electrons. The standard InChI is InChI=1S/C15H21NO/c1-15(9-10-16-11-15)17-14-8-4-6-12-5-2-3-7-13(12)14/h4,6,8,16H,2-3,5,7,9-11H2,1H3. The molecule has 1 aliphatic heterocycles. The first kappa shape index (κ1) is 11.1. The van der Waals surface area contributed by atoms with Gasteiger partial charge < -0.3 is 10.1 Å². The molecule has 0 amide bonds. The van der Waals surface area contributed by atoms with Crippen LogP contribution in [0.4, 0.5) is 0 Å². The number of aryl methyl sites for hydroxylation is 1.